The van der Waals surface area contributed by atoms with Crippen LogP contribution in [0.25, 0.3) is 6.08 Å². The summed E-state index contributed by atoms with van der Waals surface area (Å²) in [6, 6.07) is 18.3. The lowest BCUT2D eigenvalue weighted by molar-refractivity contribution is 1.43. The SMILES string of the molecule is Cc1cccc(N=C/C=C\c2ccccc2)c1. The summed E-state index contributed by atoms with van der Waals surface area (Å²) >= 11 is 0. The molecule has 0 bridgehead atoms. The predicted octanol–water partition coefficient (Wildman–Crippen LogP) is 4.41. The zero-order chi connectivity index (χ0) is 11.9. The van der Waals surface area contributed by atoms with Crippen LogP contribution in [0, 0.1) is 6.92 Å². The molecule has 0 N–H and O–H groups in total. The van der Waals surface area contributed by atoms with Crippen LogP contribution in [-0.4, -0.2) is 6.21 Å². The highest BCUT2D eigenvalue weighted by Gasteiger charge is 1.86. The number of aryl methyl sites for hydroxylation is 1. The van der Waals surface area contributed by atoms with E-state index in [0.29, 0.717) is 0 Å². The smallest absolute Gasteiger partial charge is 0.0632 e. The molecule has 2 aromatic rings. The van der Waals surface area contributed by atoms with Crippen LogP contribution in [0.1, 0.15) is 11.1 Å². The minimum absolute atomic E-state index is 0.989. The van der Waals surface area contributed by atoms with Crippen molar-refractivity contribution >= 4 is 18.0 Å². The van der Waals surface area contributed by atoms with Gasteiger partial charge in [0.15, 0.2) is 0 Å². The third kappa shape index (κ3) is 3.72. The average molecular weight is 221 g/mol. The highest BCUT2D eigenvalue weighted by Crippen LogP contribution is 2.12. The van der Waals surface area contributed by atoms with E-state index in [1.54, 1.807) is 0 Å². The van der Waals surface area contributed by atoms with Gasteiger partial charge in [-0.05, 0) is 36.3 Å². The largest absolute Gasteiger partial charge is 0.257 e. The van der Waals surface area contributed by atoms with Crippen molar-refractivity contribution in [1.82, 2.24) is 0 Å². The molecule has 0 fully saturated rings. The maximum atomic E-state index is 4.37. The van der Waals surface area contributed by atoms with Gasteiger partial charge in [-0.15, -0.1) is 0 Å². The Morgan fingerprint density at radius 3 is 2.53 bits per heavy atom. The Hall–Kier alpha value is -2.15. The van der Waals surface area contributed by atoms with Gasteiger partial charge in [-0.3, -0.25) is 4.99 Å². The molecule has 0 radical (unpaired) electrons. The fourth-order valence-electron chi connectivity index (χ4n) is 1.56. The molecule has 84 valence electrons. The Morgan fingerprint density at radius 2 is 1.76 bits per heavy atom. The molecular formula is C16H15N. The summed E-state index contributed by atoms with van der Waals surface area (Å²) in [4.78, 5) is 4.37. The summed E-state index contributed by atoms with van der Waals surface area (Å²) in [6.45, 7) is 2.07. The van der Waals surface area contributed by atoms with Crippen molar-refractivity contribution in [2.75, 3.05) is 0 Å². The standard InChI is InChI=1S/C16H15N/c1-14-7-5-11-16(13-14)17-12-6-10-15-8-3-2-4-9-15/h2-13H,1H3/b10-6-,17-12?. The highest BCUT2D eigenvalue weighted by molar-refractivity contribution is 5.80. The summed E-state index contributed by atoms with van der Waals surface area (Å²) in [7, 11) is 0. The van der Waals surface area contributed by atoms with Crippen molar-refractivity contribution in [2.45, 2.75) is 6.92 Å². The van der Waals surface area contributed by atoms with Crippen LogP contribution < -0.4 is 0 Å². The van der Waals surface area contributed by atoms with Crippen molar-refractivity contribution in [1.29, 1.82) is 0 Å². The first-order chi connectivity index (χ1) is 8.34. The average Bonchev–Trinajstić information content (AvgIpc) is 2.36. The van der Waals surface area contributed by atoms with Gasteiger partial charge in [-0.1, -0.05) is 48.5 Å². The molecule has 0 aliphatic heterocycles. The Balaban J connectivity index is 2.01. The lowest BCUT2D eigenvalue weighted by atomic mass is 10.2. The molecular weight excluding hydrogens is 206 g/mol. The van der Waals surface area contributed by atoms with E-state index in [-0.39, 0.29) is 0 Å². The van der Waals surface area contributed by atoms with Crippen LogP contribution in [0.2, 0.25) is 0 Å². The van der Waals surface area contributed by atoms with E-state index in [2.05, 4.69) is 36.2 Å². The molecule has 0 saturated carbocycles. The van der Waals surface area contributed by atoms with Crippen LogP contribution in [0.4, 0.5) is 5.69 Å². The summed E-state index contributed by atoms with van der Waals surface area (Å²) in [5, 5.41) is 0. The van der Waals surface area contributed by atoms with Gasteiger partial charge in [0, 0.05) is 6.21 Å². The monoisotopic (exact) mass is 221 g/mol. The Kier molecular flexibility index (Phi) is 3.87. The van der Waals surface area contributed by atoms with Crippen LogP contribution >= 0.6 is 0 Å². The van der Waals surface area contributed by atoms with Gasteiger partial charge in [0.1, 0.15) is 0 Å². The number of hydrogen-bond acceptors (Lipinski definition) is 1. The topological polar surface area (TPSA) is 12.4 Å². The lowest BCUT2D eigenvalue weighted by Gasteiger charge is -1.93. The highest BCUT2D eigenvalue weighted by atomic mass is 14.7. The molecule has 0 saturated heterocycles. The van der Waals surface area contributed by atoms with Gasteiger partial charge in [-0.25, -0.2) is 0 Å². The minimum Gasteiger partial charge on any atom is -0.257 e. The zero-order valence-corrected chi connectivity index (χ0v) is 9.88. The normalized spacial score (nSPS) is 11.4. The van der Waals surface area contributed by atoms with Crippen molar-refractivity contribution in [3.63, 3.8) is 0 Å². The van der Waals surface area contributed by atoms with Crippen LogP contribution in [0.15, 0.2) is 65.7 Å². The molecule has 2 aromatic carbocycles. The molecule has 2 rings (SSSR count). The number of allylic oxidation sites excluding steroid dienone is 1. The van der Waals surface area contributed by atoms with E-state index in [0.717, 1.165) is 5.69 Å². The predicted molar refractivity (Wildman–Crippen MR) is 74.8 cm³/mol. The Bertz CT molecular complexity index is 524. The molecule has 0 unspecified atom stereocenters. The van der Waals surface area contributed by atoms with Gasteiger partial charge in [0.05, 0.1) is 5.69 Å². The third-order valence-electron chi connectivity index (χ3n) is 2.40. The minimum atomic E-state index is 0.989. The summed E-state index contributed by atoms with van der Waals surface area (Å²) < 4.78 is 0. The quantitative estimate of drug-likeness (QED) is 0.681. The van der Waals surface area contributed by atoms with E-state index in [4.69, 9.17) is 0 Å². The Morgan fingerprint density at radius 1 is 0.941 bits per heavy atom. The second-order valence-electron chi connectivity index (χ2n) is 3.89. The number of aliphatic imine (C=N–C) groups is 1. The lowest BCUT2D eigenvalue weighted by Crippen LogP contribution is -1.72. The molecule has 0 amide bonds. The van der Waals surface area contributed by atoms with E-state index < -0.39 is 0 Å². The van der Waals surface area contributed by atoms with Crippen molar-refractivity contribution in [2.24, 2.45) is 4.99 Å². The summed E-state index contributed by atoms with van der Waals surface area (Å²) in [5.41, 5.74) is 3.40. The Labute approximate surface area is 102 Å². The fraction of sp³-hybridized carbons (Fsp3) is 0.0625. The van der Waals surface area contributed by atoms with Gasteiger partial charge >= 0.3 is 0 Å². The van der Waals surface area contributed by atoms with E-state index in [9.17, 15) is 0 Å². The third-order valence-corrected chi connectivity index (χ3v) is 2.40. The van der Waals surface area contributed by atoms with Crippen LogP contribution in [0.3, 0.4) is 0 Å². The zero-order valence-electron chi connectivity index (χ0n) is 9.88. The number of hydrogen-bond donors (Lipinski definition) is 0. The number of rotatable bonds is 3. The van der Waals surface area contributed by atoms with Gasteiger partial charge in [-0.2, -0.15) is 0 Å². The number of benzene rings is 2. The first kappa shape index (κ1) is 11.3. The van der Waals surface area contributed by atoms with Crippen LogP contribution in [-0.2, 0) is 0 Å². The molecule has 0 aliphatic carbocycles. The number of nitrogens with zero attached hydrogens (tertiary/aromatic N) is 1. The summed E-state index contributed by atoms with van der Waals surface area (Å²) in [5.74, 6) is 0. The molecule has 0 spiro atoms. The van der Waals surface area contributed by atoms with Crippen LogP contribution in [0.5, 0.6) is 0 Å². The maximum absolute atomic E-state index is 4.37. The molecule has 17 heavy (non-hydrogen) atoms. The van der Waals surface area contributed by atoms with Gasteiger partial charge in [0.2, 0.25) is 0 Å². The van der Waals surface area contributed by atoms with Gasteiger partial charge < -0.3 is 0 Å². The molecule has 1 heteroatoms. The van der Waals surface area contributed by atoms with Crippen molar-refractivity contribution in [3.8, 4) is 0 Å². The molecule has 0 aliphatic rings. The maximum Gasteiger partial charge on any atom is 0.0632 e. The van der Waals surface area contributed by atoms with Crippen molar-refractivity contribution < 1.29 is 0 Å². The molecule has 0 heterocycles. The second-order valence-corrected chi connectivity index (χ2v) is 3.89. The first-order valence-corrected chi connectivity index (χ1v) is 5.67. The van der Waals surface area contributed by atoms with E-state index in [1.165, 1.54) is 11.1 Å². The van der Waals surface area contributed by atoms with Gasteiger partial charge in [0.25, 0.3) is 0 Å². The second kappa shape index (κ2) is 5.80. The molecule has 0 aromatic heterocycles. The molecule has 1 nitrogen and oxygen atoms in total. The van der Waals surface area contributed by atoms with E-state index in [1.807, 2.05) is 48.7 Å². The fourth-order valence-corrected chi connectivity index (χ4v) is 1.56. The van der Waals surface area contributed by atoms with E-state index >= 15 is 0 Å². The summed E-state index contributed by atoms with van der Waals surface area (Å²) in [6.07, 6.45) is 5.82. The van der Waals surface area contributed by atoms with Crippen molar-refractivity contribution in [3.05, 3.63) is 71.8 Å². The first-order valence-electron chi connectivity index (χ1n) is 5.67. The molecule has 0 atom stereocenters.